The van der Waals surface area contributed by atoms with Gasteiger partial charge in [0.1, 0.15) is 12.4 Å². The van der Waals surface area contributed by atoms with Crippen LogP contribution in [0.4, 0.5) is 5.69 Å². The summed E-state index contributed by atoms with van der Waals surface area (Å²) in [6, 6.07) is 10.4. The fraction of sp³-hybridized carbons (Fsp3) is 0.478. The highest BCUT2D eigenvalue weighted by atomic mass is 35.5. The molecule has 152 valence electrons. The number of ether oxygens (including phenoxy) is 2. The number of nitrogens with zero attached hydrogens (tertiary/aromatic N) is 2. The number of halogens is 1. The lowest BCUT2D eigenvalue weighted by molar-refractivity contribution is 0.0322. The molecule has 0 atom stereocenters. The van der Waals surface area contributed by atoms with Gasteiger partial charge in [-0.15, -0.1) is 0 Å². The molecule has 28 heavy (non-hydrogen) atoms. The van der Waals surface area contributed by atoms with Crippen LogP contribution >= 0.6 is 11.6 Å². The lowest BCUT2D eigenvalue weighted by atomic mass is 9.98. The predicted octanol–water partition coefficient (Wildman–Crippen LogP) is 4.79. The molecule has 5 heteroatoms. The van der Waals surface area contributed by atoms with Crippen molar-refractivity contribution in [1.29, 1.82) is 0 Å². The van der Waals surface area contributed by atoms with Crippen molar-refractivity contribution in [1.82, 2.24) is 4.90 Å². The van der Waals surface area contributed by atoms with E-state index in [0.29, 0.717) is 6.61 Å². The zero-order valence-corrected chi connectivity index (χ0v) is 18.2. The molecule has 0 N–H and O–H groups in total. The summed E-state index contributed by atoms with van der Waals surface area (Å²) in [5.41, 5.74) is 6.01. The number of hydrogen-bond donors (Lipinski definition) is 0. The standard InChI is InChI=1S/C23H31ClN2O2/c1-5-25(4)23-15-19(14-17(2)18(23)3)21-7-6-20(16-22(21)24)28-13-10-26-8-11-27-12-9-26/h6-7,14-16H,5,8-13H2,1-4H3. The number of aryl methyl sites for hydroxylation is 1. The number of rotatable bonds is 7. The lowest BCUT2D eigenvalue weighted by Gasteiger charge is -2.26. The molecule has 0 aliphatic carbocycles. The fourth-order valence-corrected chi connectivity index (χ4v) is 3.78. The summed E-state index contributed by atoms with van der Waals surface area (Å²) in [4.78, 5) is 4.63. The summed E-state index contributed by atoms with van der Waals surface area (Å²) in [5.74, 6) is 0.816. The highest BCUT2D eigenvalue weighted by molar-refractivity contribution is 6.33. The van der Waals surface area contributed by atoms with Crippen LogP contribution in [0.15, 0.2) is 30.3 Å². The summed E-state index contributed by atoms with van der Waals surface area (Å²) in [7, 11) is 2.12. The Hall–Kier alpha value is -1.75. The molecule has 0 aromatic heterocycles. The molecule has 0 unspecified atom stereocenters. The van der Waals surface area contributed by atoms with E-state index in [0.717, 1.165) is 61.3 Å². The van der Waals surface area contributed by atoms with E-state index < -0.39 is 0 Å². The van der Waals surface area contributed by atoms with Gasteiger partial charge in [-0.3, -0.25) is 4.90 Å². The van der Waals surface area contributed by atoms with E-state index in [2.05, 4.69) is 55.8 Å². The second-order valence-electron chi connectivity index (χ2n) is 7.40. The second kappa shape index (κ2) is 9.64. The van der Waals surface area contributed by atoms with Crippen LogP contribution in [-0.4, -0.2) is 57.9 Å². The van der Waals surface area contributed by atoms with E-state index >= 15 is 0 Å². The van der Waals surface area contributed by atoms with Gasteiger partial charge in [0.2, 0.25) is 0 Å². The van der Waals surface area contributed by atoms with E-state index in [4.69, 9.17) is 21.1 Å². The zero-order valence-electron chi connectivity index (χ0n) is 17.4. The Morgan fingerprint density at radius 1 is 1.14 bits per heavy atom. The maximum absolute atomic E-state index is 6.63. The second-order valence-corrected chi connectivity index (χ2v) is 7.80. The Morgan fingerprint density at radius 2 is 1.89 bits per heavy atom. The third-order valence-corrected chi connectivity index (χ3v) is 5.87. The summed E-state index contributed by atoms with van der Waals surface area (Å²) in [6.07, 6.45) is 0. The van der Waals surface area contributed by atoms with Crippen molar-refractivity contribution in [2.24, 2.45) is 0 Å². The first-order valence-electron chi connectivity index (χ1n) is 10.0. The molecule has 0 amide bonds. The van der Waals surface area contributed by atoms with Gasteiger partial charge in [0.05, 0.1) is 18.2 Å². The molecule has 3 rings (SSSR count). The van der Waals surface area contributed by atoms with Crippen LogP contribution < -0.4 is 9.64 Å². The third-order valence-electron chi connectivity index (χ3n) is 5.56. The molecule has 0 radical (unpaired) electrons. The van der Waals surface area contributed by atoms with Gasteiger partial charge in [0.25, 0.3) is 0 Å². The van der Waals surface area contributed by atoms with E-state index in [1.165, 1.54) is 16.8 Å². The van der Waals surface area contributed by atoms with E-state index in [1.807, 2.05) is 12.1 Å². The highest BCUT2D eigenvalue weighted by Gasteiger charge is 2.13. The quantitative estimate of drug-likeness (QED) is 0.664. The van der Waals surface area contributed by atoms with E-state index in [-0.39, 0.29) is 0 Å². The van der Waals surface area contributed by atoms with Crippen molar-refractivity contribution in [3.63, 3.8) is 0 Å². The zero-order chi connectivity index (χ0) is 20.1. The molecule has 0 spiro atoms. The van der Waals surface area contributed by atoms with Gasteiger partial charge in [-0.2, -0.15) is 0 Å². The molecule has 1 saturated heterocycles. The van der Waals surface area contributed by atoms with E-state index in [9.17, 15) is 0 Å². The number of anilines is 1. The lowest BCUT2D eigenvalue weighted by Crippen LogP contribution is -2.38. The van der Waals surface area contributed by atoms with Crippen LogP contribution in [-0.2, 0) is 4.74 Å². The van der Waals surface area contributed by atoms with Crippen LogP contribution in [0.2, 0.25) is 5.02 Å². The topological polar surface area (TPSA) is 24.9 Å². The average molecular weight is 403 g/mol. The maximum Gasteiger partial charge on any atom is 0.120 e. The number of morpholine rings is 1. The minimum atomic E-state index is 0.657. The molecule has 4 nitrogen and oxygen atoms in total. The van der Waals surface area contributed by atoms with Crippen molar-refractivity contribution < 1.29 is 9.47 Å². The average Bonchev–Trinajstić information content (AvgIpc) is 2.70. The molecular formula is C23H31ClN2O2. The Kier molecular flexibility index (Phi) is 7.22. The largest absolute Gasteiger partial charge is 0.492 e. The van der Waals surface area contributed by atoms with E-state index in [1.54, 1.807) is 0 Å². The Morgan fingerprint density at radius 3 is 2.57 bits per heavy atom. The van der Waals surface area contributed by atoms with Crippen LogP contribution in [0.5, 0.6) is 5.75 Å². The molecule has 1 fully saturated rings. The summed E-state index contributed by atoms with van der Waals surface area (Å²) < 4.78 is 11.3. The van der Waals surface area contributed by atoms with Gasteiger partial charge in [-0.05, 0) is 61.7 Å². The first-order chi connectivity index (χ1) is 13.5. The van der Waals surface area contributed by atoms with Crippen LogP contribution in [0, 0.1) is 13.8 Å². The summed E-state index contributed by atoms with van der Waals surface area (Å²) in [5, 5.41) is 0.720. The maximum atomic E-state index is 6.63. The smallest absolute Gasteiger partial charge is 0.120 e. The van der Waals surface area contributed by atoms with Gasteiger partial charge < -0.3 is 14.4 Å². The monoisotopic (exact) mass is 402 g/mol. The molecule has 2 aromatic carbocycles. The normalized spacial score (nSPS) is 14.9. The highest BCUT2D eigenvalue weighted by Crippen LogP contribution is 2.35. The van der Waals surface area contributed by atoms with Crippen LogP contribution in [0.1, 0.15) is 18.1 Å². The Balaban J connectivity index is 1.72. The summed E-state index contributed by atoms with van der Waals surface area (Å²) in [6.45, 7) is 12.6. The Bertz CT molecular complexity index is 803. The molecule has 1 aliphatic rings. The molecule has 1 aliphatic heterocycles. The van der Waals surface area contributed by atoms with Gasteiger partial charge in [0.15, 0.2) is 0 Å². The molecule has 2 aromatic rings. The van der Waals surface area contributed by atoms with Crippen molar-refractivity contribution in [3.8, 4) is 16.9 Å². The van der Waals surface area contributed by atoms with Crippen molar-refractivity contribution in [3.05, 3.63) is 46.5 Å². The van der Waals surface area contributed by atoms with Crippen LogP contribution in [0.3, 0.4) is 0 Å². The van der Waals surface area contributed by atoms with Crippen LogP contribution in [0.25, 0.3) is 11.1 Å². The van der Waals surface area contributed by atoms with Gasteiger partial charge >= 0.3 is 0 Å². The molecule has 0 saturated carbocycles. The van der Waals surface area contributed by atoms with Crippen molar-refractivity contribution in [2.45, 2.75) is 20.8 Å². The third kappa shape index (κ3) is 4.99. The first-order valence-corrected chi connectivity index (χ1v) is 10.4. The van der Waals surface area contributed by atoms with Gasteiger partial charge in [-0.1, -0.05) is 17.7 Å². The fourth-order valence-electron chi connectivity index (χ4n) is 3.50. The molecule has 0 bridgehead atoms. The minimum absolute atomic E-state index is 0.657. The Labute approximate surface area is 174 Å². The summed E-state index contributed by atoms with van der Waals surface area (Å²) >= 11 is 6.63. The number of benzene rings is 2. The minimum Gasteiger partial charge on any atom is -0.492 e. The molecule has 1 heterocycles. The SMILES string of the molecule is CCN(C)c1cc(-c2ccc(OCCN3CCOCC3)cc2Cl)cc(C)c1C. The van der Waals surface area contributed by atoms with Gasteiger partial charge in [0, 0.05) is 44.5 Å². The molecular weight excluding hydrogens is 372 g/mol. The van der Waals surface area contributed by atoms with Crippen molar-refractivity contribution in [2.75, 3.05) is 57.9 Å². The predicted molar refractivity (Wildman–Crippen MR) is 118 cm³/mol. The first kappa shape index (κ1) is 21.0. The van der Waals surface area contributed by atoms with Crippen molar-refractivity contribution >= 4 is 17.3 Å². The van der Waals surface area contributed by atoms with Gasteiger partial charge in [-0.25, -0.2) is 0 Å². The number of hydrogen-bond acceptors (Lipinski definition) is 4.